The molecule has 2 aromatic heterocycles. The van der Waals surface area contributed by atoms with Gasteiger partial charge in [-0.2, -0.15) is 0 Å². The van der Waals surface area contributed by atoms with Crippen LogP contribution in [-0.2, 0) is 6.54 Å². The Morgan fingerprint density at radius 3 is 2.95 bits per heavy atom. The molecule has 8 nitrogen and oxygen atoms in total. The molecular formula is C10H9BrN4O4. The number of halogens is 1. The summed E-state index contributed by atoms with van der Waals surface area (Å²) >= 11 is 3.01. The summed E-state index contributed by atoms with van der Waals surface area (Å²) in [5, 5.41) is 0. The highest BCUT2D eigenvalue weighted by Crippen LogP contribution is 2.11. The fourth-order valence-electron chi connectivity index (χ4n) is 1.50. The van der Waals surface area contributed by atoms with Crippen LogP contribution in [-0.4, -0.2) is 15.5 Å². The maximum atomic E-state index is 11.6. The number of nitrogens with two attached hydrogens (primary N) is 1. The highest BCUT2D eigenvalue weighted by atomic mass is 79.9. The van der Waals surface area contributed by atoms with Crippen LogP contribution in [0, 0.1) is 0 Å². The van der Waals surface area contributed by atoms with Crippen molar-refractivity contribution in [2.75, 3.05) is 0 Å². The number of hydrogen-bond donors (Lipinski definition) is 3. The smallest absolute Gasteiger partial charge is 0.328 e. The maximum Gasteiger partial charge on any atom is 0.328 e. The average molecular weight is 329 g/mol. The Morgan fingerprint density at radius 2 is 2.26 bits per heavy atom. The van der Waals surface area contributed by atoms with E-state index in [1.165, 1.54) is 23.1 Å². The number of nitrogens with one attached hydrogen (secondary N) is 2. The molecule has 0 aliphatic rings. The number of aromatic amines is 1. The first-order chi connectivity index (χ1) is 9.02. The van der Waals surface area contributed by atoms with Crippen LogP contribution in [0.15, 0.2) is 37.0 Å². The topological polar surface area (TPSA) is 123 Å². The number of H-pyrrole nitrogens is 1. The van der Waals surface area contributed by atoms with Crippen LogP contribution in [0.4, 0.5) is 0 Å². The molecule has 0 aliphatic carbocycles. The van der Waals surface area contributed by atoms with Gasteiger partial charge in [0.05, 0.1) is 22.8 Å². The number of aromatic nitrogens is 2. The minimum absolute atomic E-state index is 0.00995. The van der Waals surface area contributed by atoms with Gasteiger partial charge in [-0.1, -0.05) is 0 Å². The van der Waals surface area contributed by atoms with Crippen molar-refractivity contribution in [3.63, 3.8) is 0 Å². The summed E-state index contributed by atoms with van der Waals surface area (Å²) in [5.41, 5.74) is 1.06. The third kappa shape index (κ3) is 2.66. The van der Waals surface area contributed by atoms with Gasteiger partial charge in [-0.25, -0.2) is 10.6 Å². The number of nitrogen functional groups attached to an aromatic ring is 1. The summed E-state index contributed by atoms with van der Waals surface area (Å²) in [4.78, 5) is 36.3. The van der Waals surface area contributed by atoms with Gasteiger partial charge in [-0.15, -0.1) is 0 Å². The van der Waals surface area contributed by atoms with E-state index in [1.54, 1.807) is 0 Å². The van der Waals surface area contributed by atoms with E-state index in [4.69, 9.17) is 10.3 Å². The fraction of sp³-hybridized carbons (Fsp3) is 0.100. The number of carbonyl (C=O) groups excluding carboxylic acids is 1. The van der Waals surface area contributed by atoms with Crippen LogP contribution >= 0.6 is 15.9 Å². The molecular weight excluding hydrogens is 320 g/mol. The third-order valence-electron chi connectivity index (χ3n) is 2.40. The van der Waals surface area contributed by atoms with Crippen molar-refractivity contribution in [2.45, 2.75) is 6.54 Å². The van der Waals surface area contributed by atoms with E-state index in [0.717, 1.165) is 0 Å². The van der Waals surface area contributed by atoms with Crippen LogP contribution in [0.3, 0.4) is 0 Å². The van der Waals surface area contributed by atoms with Crippen molar-refractivity contribution in [1.82, 2.24) is 15.0 Å². The molecule has 9 heteroatoms. The first kappa shape index (κ1) is 13.3. The van der Waals surface area contributed by atoms with Crippen molar-refractivity contribution in [1.29, 1.82) is 0 Å². The summed E-state index contributed by atoms with van der Waals surface area (Å²) in [6, 6.07) is 1.43. The predicted molar refractivity (Wildman–Crippen MR) is 68.5 cm³/mol. The predicted octanol–water partition coefficient (Wildman–Crippen LogP) is -0.456. The second kappa shape index (κ2) is 5.24. The van der Waals surface area contributed by atoms with Crippen molar-refractivity contribution in [2.24, 2.45) is 5.84 Å². The fourth-order valence-corrected chi connectivity index (χ4v) is 1.84. The zero-order valence-electron chi connectivity index (χ0n) is 9.47. The molecule has 0 saturated heterocycles. The molecule has 0 aromatic carbocycles. The summed E-state index contributed by atoms with van der Waals surface area (Å²) in [6.45, 7) is -0.00995. The molecule has 2 heterocycles. The number of carbonyl (C=O) groups is 1. The lowest BCUT2D eigenvalue weighted by Gasteiger charge is -2.05. The maximum absolute atomic E-state index is 11.6. The summed E-state index contributed by atoms with van der Waals surface area (Å²) in [7, 11) is 0. The Hall–Kier alpha value is -2.13. The third-order valence-corrected chi connectivity index (χ3v) is 2.97. The van der Waals surface area contributed by atoms with E-state index in [9.17, 15) is 14.4 Å². The van der Waals surface area contributed by atoms with Crippen LogP contribution < -0.4 is 22.5 Å². The highest BCUT2D eigenvalue weighted by molar-refractivity contribution is 9.10. The van der Waals surface area contributed by atoms with Gasteiger partial charge < -0.3 is 4.42 Å². The Morgan fingerprint density at radius 1 is 1.53 bits per heavy atom. The second-order valence-electron chi connectivity index (χ2n) is 3.60. The van der Waals surface area contributed by atoms with E-state index >= 15 is 0 Å². The monoisotopic (exact) mass is 328 g/mol. The van der Waals surface area contributed by atoms with E-state index in [0.29, 0.717) is 0 Å². The highest BCUT2D eigenvalue weighted by Gasteiger charge is 2.15. The molecule has 0 unspecified atom stereocenters. The molecule has 1 amide bonds. The molecule has 19 heavy (non-hydrogen) atoms. The molecule has 2 rings (SSSR count). The van der Waals surface area contributed by atoms with Gasteiger partial charge in [0.2, 0.25) is 0 Å². The Labute approximate surface area is 114 Å². The van der Waals surface area contributed by atoms with Crippen molar-refractivity contribution in [3.05, 3.63) is 55.2 Å². The molecule has 0 fully saturated rings. The molecule has 0 atom stereocenters. The van der Waals surface area contributed by atoms with E-state index < -0.39 is 17.2 Å². The van der Waals surface area contributed by atoms with E-state index in [-0.39, 0.29) is 22.3 Å². The van der Waals surface area contributed by atoms with Gasteiger partial charge in [0.1, 0.15) is 5.76 Å². The van der Waals surface area contributed by atoms with Crippen molar-refractivity contribution in [3.8, 4) is 0 Å². The molecule has 0 saturated carbocycles. The van der Waals surface area contributed by atoms with Gasteiger partial charge in [0, 0.05) is 6.20 Å². The van der Waals surface area contributed by atoms with Gasteiger partial charge in [-0.3, -0.25) is 24.6 Å². The van der Waals surface area contributed by atoms with Gasteiger partial charge in [0.15, 0.2) is 0 Å². The molecule has 2 aromatic rings. The molecule has 100 valence electrons. The van der Waals surface area contributed by atoms with Crippen LogP contribution in [0.5, 0.6) is 0 Å². The average Bonchev–Trinajstić information content (AvgIpc) is 2.83. The molecule has 0 bridgehead atoms. The SMILES string of the molecule is NNC(=O)c1ccoc1Cn1cc(Br)c(=O)[nH]c1=O. The minimum Gasteiger partial charge on any atom is -0.467 e. The quantitative estimate of drug-likeness (QED) is 0.400. The van der Waals surface area contributed by atoms with E-state index in [2.05, 4.69) is 20.9 Å². The Balaban J connectivity index is 2.40. The second-order valence-corrected chi connectivity index (χ2v) is 4.45. The van der Waals surface area contributed by atoms with E-state index in [1.807, 2.05) is 5.43 Å². The Kier molecular flexibility index (Phi) is 3.67. The number of rotatable bonds is 3. The summed E-state index contributed by atoms with van der Waals surface area (Å²) in [5.74, 6) is 4.76. The minimum atomic E-state index is -0.608. The molecule has 0 aliphatic heterocycles. The number of nitrogens with zero attached hydrogens (tertiary/aromatic N) is 1. The number of furan rings is 1. The van der Waals surface area contributed by atoms with Crippen LogP contribution in [0.1, 0.15) is 16.1 Å². The lowest BCUT2D eigenvalue weighted by Crippen LogP contribution is -2.32. The van der Waals surface area contributed by atoms with Crippen LogP contribution in [0.25, 0.3) is 0 Å². The molecule has 0 radical (unpaired) electrons. The summed E-state index contributed by atoms with van der Waals surface area (Å²) in [6.07, 6.45) is 2.62. The van der Waals surface area contributed by atoms with Gasteiger partial charge in [0.25, 0.3) is 11.5 Å². The summed E-state index contributed by atoms with van der Waals surface area (Å²) < 4.78 is 6.52. The number of amides is 1. The van der Waals surface area contributed by atoms with Crippen molar-refractivity contribution < 1.29 is 9.21 Å². The zero-order chi connectivity index (χ0) is 14.0. The first-order valence-electron chi connectivity index (χ1n) is 5.09. The van der Waals surface area contributed by atoms with Gasteiger partial charge in [-0.05, 0) is 22.0 Å². The number of hydrazine groups is 1. The van der Waals surface area contributed by atoms with Gasteiger partial charge >= 0.3 is 5.69 Å². The lowest BCUT2D eigenvalue weighted by molar-refractivity contribution is 0.0951. The normalized spacial score (nSPS) is 10.4. The number of hydrogen-bond acceptors (Lipinski definition) is 5. The first-order valence-corrected chi connectivity index (χ1v) is 5.89. The standard InChI is InChI=1S/C10H9BrN4O4/c11-6-3-15(10(18)13-9(6)17)4-7-5(1-2-19-7)8(16)14-12/h1-3H,4,12H2,(H,14,16)(H,13,17,18). The molecule has 4 N–H and O–H groups in total. The lowest BCUT2D eigenvalue weighted by atomic mass is 10.2. The largest absolute Gasteiger partial charge is 0.467 e. The molecule has 0 spiro atoms. The van der Waals surface area contributed by atoms with Crippen molar-refractivity contribution >= 4 is 21.8 Å². The Bertz CT molecular complexity index is 730. The zero-order valence-corrected chi connectivity index (χ0v) is 11.1. The van der Waals surface area contributed by atoms with Crippen LogP contribution in [0.2, 0.25) is 0 Å².